The first-order valence-corrected chi connectivity index (χ1v) is 6.74. The fraction of sp³-hybridized carbons (Fsp3) is 0.529. The summed E-state index contributed by atoms with van der Waals surface area (Å²) in [5.74, 6) is 0.389. The maximum absolute atomic E-state index is 10.6. The average molecular weight is 261 g/mol. The van der Waals surface area contributed by atoms with E-state index in [1.54, 1.807) is 6.08 Å². The Morgan fingerprint density at radius 3 is 1.68 bits per heavy atom. The summed E-state index contributed by atoms with van der Waals surface area (Å²) in [5, 5.41) is 10.6. The number of aromatic hydroxyl groups is 1. The van der Waals surface area contributed by atoms with E-state index in [1.165, 1.54) is 0 Å². The van der Waals surface area contributed by atoms with Crippen LogP contribution in [0, 0.1) is 0 Å². The second-order valence-corrected chi connectivity index (χ2v) is 7.23. The quantitative estimate of drug-likeness (QED) is 0.785. The molecule has 0 amide bonds. The summed E-state index contributed by atoms with van der Waals surface area (Å²) < 4.78 is 0. The molecule has 106 valence electrons. The van der Waals surface area contributed by atoms with Crippen LogP contribution < -0.4 is 5.73 Å². The number of phenols is 1. The predicted octanol–water partition coefficient (Wildman–Crippen LogP) is 4.17. The Bertz CT molecular complexity index is 440. The standard InChI is InChI=1S/C17H27NO/c1-8-14(18)11-9-12(16(2,3)4)15(19)13(10-11)17(5,6)7/h8-10,14,19H,1,18H2,2-7H3/t14-/m1/s1. The van der Waals surface area contributed by atoms with Gasteiger partial charge in [0.25, 0.3) is 0 Å². The average Bonchev–Trinajstić information content (AvgIpc) is 2.25. The van der Waals surface area contributed by atoms with Crippen molar-refractivity contribution in [3.8, 4) is 5.75 Å². The molecule has 0 heterocycles. The van der Waals surface area contributed by atoms with Gasteiger partial charge in [-0.15, -0.1) is 6.58 Å². The molecule has 3 N–H and O–H groups in total. The van der Waals surface area contributed by atoms with E-state index >= 15 is 0 Å². The highest BCUT2D eigenvalue weighted by Gasteiger charge is 2.27. The van der Waals surface area contributed by atoms with E-state index in [0.29, 0.717) is 5.75 Å². The molecular weight excluding hydrogens is 234 g/mol. The van der Waals surface area contributed by atoms with Crippen molar-refractivity contribution in [1.29, 1.82) is 0 Å². The predicted molar refractivity (Wildman–Crippen MR) is 82.6 cm³/mol. The molecule has 0 radical (unpaired) electrons. The van der Waals surface area contributed by atoms with Gasteiger partial charge in [0, 0.05) is 6.04 Å². The van der Waals surface area contributed by atoms with Crippen LogP contribution in [0.4, 0.5) is 0 Å². The van der Waals surface area contributed by atoms with Gasteiger partial charge in [0.2, 0.25) is 0 Å². The van der Waals surface area contributed by atoms with Crippen molar-refractivity contribution >= 4 is 0 Å². The normalized spacial score (nSPS) is 14.3. The first kappa shape index (κ1) is 15.8. The van der Waals surface area contributed by atoms with Crippen molar-refractivity contribution in [1.82, 2.24) is 0 Å². The van der Waals surface area contributed by atoms with Crippen LogP contribution in [0.25, 0.3) is 0 Å². The molecule has 19 heavy (non-hydrogen) atoms. The zero-order valence-electron chi connectivity index (χ0n) is 13.0. The monoisotopic (exact) mass is 261 g/mol. The van der Waals surface area contributed by atoms with Crippen LogP contribution in [0.3, 0.4) is 0 Å². The Kier molecular flexibility index (Phi) is 4.16. The van der Waals surface area contributed by atoms with Crippen LogP contribution in [0.5, 0.6) is 5.75 Å². The van der Waals surface area contributed by atoms with Gasteiger partial charge in [-0.25, -0.2) is 0 Å². The molecule has 0 aliphatic heterocycles. The molecule has 1 atom stereocenters. The summed E-state index contributed by atoms with van der Waals surface area (Å²) in [6.07, 6.45) is 1.73. The molecule has 1 aromatic carbocycles. The first-order valence-electron chi connectivity index (χ1n) is 6.74. The number of hydrogen-bond donors (Lipinski definition) is 2. The second kappa shape index (κ2) is 5.01. The number of rotatable bonds is 2. The molecule has 2 heteroatoms. The van der Waals surface area contributed by atoms with E-state index in [4.69, 9.17) is 5.73 Å². The molecule has 0 fully saturated rings. The molecule has 1 rings (SSSR count). The molecule has 0 unspecified atom stereocenters. The summed E-state index contributed by atoms with van der Waals surface area (Å²) in [5.41, 5.74) is 8.70. The van der Waals surface area contributed by atoms with E-state index in [9.17, 15) is 5.11 Å². The van der Waals surface area contributed by atoms with Gasteiger partial charge in [0.05, 0.1) is 0 Å². The minimum Gasteiger partial charge on any atom is -0.507 e. The van der Waals surface area contributed by atoms with Crippen molar-refractivity contribution < 1.29 is 5.11 Å². The maximum Gasteiger partial charge on any atom is 0.123 e. The lowest BCUT2D eigenvalue weighted by Crippen LogP contribution is -2.19. The van der Waals surface area contributed by atoms with Crippen molar-refractivity contribution in [3.63, 3.8) is 0 Å². The molecule has 0 saturated heterocycles. The zero-order chi connectivity index (χ0) is 15.0. The van der Waals surface area contributed by atoms with Crippen molar-refractivity contribution in [2.45, 2.75) is 58.4 Å². The third kappa shape index (κ3) is 3.38. The largest absolute Gasteiger partial charge is 0.507 e. The fourth-order valence-corrected chi connectivity index (χ4v) is 2.13. The van der Waals surface area contributed by atoms with E-state index < -0.39 is 0 Å². The van der Waals surface area contributed by atoms with Gasteiger partial charge in [0.1, 0.15) is 5.75 Å². The SMILES string of the molecule is C=C[C@@H](N)c1cc(C(C)(C)C)c(O)c(C(C)(C)C)c1. The molecule has 0 aliphatic carbocycles. The number of benzene rings is 1. The third-order valence-corrected chi connectivity index (χ3v) is 3.39. The lowest BCUT2D eigenvalue weighted by molar-refractivity contribution is 0.422. The fourth-order valence-electron chi connectivity index (χ4n) is 2.13. The topological polar surface area (TPSA) is 46.2 Å². The van der Waals surface area contributed by atoms with Gasteiger partial charge >= 0.3 is 0 Å². The summed E-state index contributed by atoms with van der Waals surface area (Å²) in [4.78, 5) is 0. The van der Waals surface area contributed by atoms with E-state index in [2.05, 4.69) is 48.1 Å². The van der Waals surface area contributed by atoms with Gasteiger partial charge < -0.3 is 10.8 Å². The number of phenolic OH excluding ortho intramolecular Hbond substituents is 1. The van der Waals surface area contributed by atoms with Crippen LogP contribution in [0.15, 0.2) is 24.8 Å². The number of nitrogens with two attached hydrogens (primary N) is 1. The lowest BCUT2D eigenvalue weighted by Gasteiger charge is -2.29. The second-order valence-electron chi connectivity index (χ2n) is 7.23. The van der Waals surface area contributed by atoms with Crippen LogP contribution in [-0.4, -0.2) is 5.11 Å². The van der Waals surface area contributed by atoms with Gasteiger partial charge in [-0.1, -0.05) is 47.6 Å². The molecule has 0 spiro atoms. The minimum atomic E-state index is -0.206. The third-order valence-electron chi connectivity index (χ3n) is 3.39. The van der Waals surface area contributed by atoms with Gasteiger partial charge in [-0.3, -0.25) is 0 Å². The molecule has 0 aliphatic rings. The lowest BCUT2D eigenvalue weighted by atomic mass is 9.78. The smallest absolute Gasteiger partial charge is 0.123 e. The Labute approximate surface area is 117 Å². The van der Waals surface area contributed by atoms with Gasteiger partial charge in [-0.05, 0) is 39.7 Å². The molecule has 1 aromatic rings. The minimum absolute atomic E-state index is 0.124. The van der Waals surface area contributed by atoms with Crippen molar-refractivity contribution in [2.24, 2.45) is 5.73 Å². The van der Waals surface area contributed by atoms with E-state index in [0.717, 1.165) is 16.7 Å². The Morgan fingerprint density at radius 1 is 1.05 bits per heavy atom. The Hall–Kier alpha value is -1.28. The highest BCUT2D eigenvalue weighted by Crippen LogP contribution is 2.40. The summed E-state index contributed by atoms with van der Waals surface area (Å²) in [6, 6.07) is 3.79. The summed E-state index contributed by atoms with van der Waals surface area (Å²) in [6.45, 7) is 16.3. The Balaban J connectivity index is 3.62. The van der Waals surface area contributed by atoms with Crippen molar-refractivity contribution in [3.05, 3.63) is 41.5 Å². The molecular formula is C17H27NO. The maximum atomic E-state index is 10.6. The molecule has 0 aromatic heterocycles. The highest BCUT2D eigenvalue weighted by molar-refractivity contribution is 5.50. The zero-order valence-corrected chi connectivity index (χ0v) is 13.0. The number of hydrogen-bond acceptors (Lipinski definition) is 2. The molecule has 2 nitrogen and oxygen atoms in total. The van der Waals surface area contributed by atoms with Crippen LogP contribution >= 0.6 is 0 Å². The van der Waals surface area contributed by atoms with Gasteiger partial charge in [-0.2, -0.15) is 0 Å². The van der Waals surface area contributed by atoms with Crippen LogP contribution in [0.2, 0.25) is 0 Å². The van der Waals surface area contributed by atoms with E-state index in [1.807, 2.05) is 12.1 Å². The van der Waals surface area contributed by atoms with Crippen molar-refractivity contribution in [2.75, 3.05) is 0 Å². The van der Waals surface area contributed by atoms with Crippen LogP contribution in [0.1, 0.15) is 64.3 Å². The Morgan fingerprint density at radius 2 is 1.42 bits per heavy atom. The molecule has 0 saturated carbocycles. The van der Waals surface area contributed by atoms with Crippen LogP contribution in [-0.2, 0) is 10.8 Å². The van der Waals surface area contributed by atoms with Gasteiger partial charge in [0.15, 0.2) is 0 Å². The molecule has 0 bridgehead atoms. The summed E-state index contributed by atoms with van der Waals surface area (Å²) >= 11 is 0. The van der Waals surface area contributed by atoms with E-state index in [-0.39, 0.29) is 16.9 Å². The summed E-state index contributed by atoms with van der Waals surface area (Å²) in [7, 11) is 0. The first-order chi connectivity index (χ1) is 8.48. The highest BCUT2D eigenvalue weighted by atomic mass is 16.3.